The Morgan fingerprint density at radius 1 is 1.43 bits per heavy atom. The monoisotopic (exact) mass is 212 g/mol. The first kappa shape index (κ1) is 11.5. The first-order valence-corrected chi connectivity index (χ1v) is 5.52. The van der Waals surface area contributed by atoms with Crippen molar-refractivity contribution in [3.05, 3.63) is 29.0 Å². The van der Waals surface area contributed by atoms with Crippen LogP contribution in [0.1, 0.15) is 31.7 Å². The molecule has 0 atom stereocenters. The van der Waals surface area contributed by atoms with Gasteiger partial charge < -0.3 is 5.32 Å². The fraction of sp³-hybridized carbons (Fsp3) is 0.545. The molecule has 0 saturated carbocycles. The number of hydrogen-bond acceptors (Lipinski definition) is 2. The highest BCUT2D eigenvalue weighted by atomic mass is 35.5. The van der Waals surface area contributed by atoms with Crippen LogP contribution < -0.4 is 5.32 Å². The molecule has 78 valence electrons. The van der Waals surface area contributed by atoms with Gasteiger partial charge in [-0.3, -0.25) is 0 Å². The average Bonchev–Trinajstić information content (AvgIpc) is 2.20. The Balaban J connectivity index is 2.21. The number of aromatic nitrogens is 1. The lowest BCUT2D eigenvalue weighted by Crippen LogP contribution is -2.15. The summed E-state index contributed by atoms with van der Waals surface area (Å²) < 4.78 is 0. The molecule has 1 rings (SSSR count). The zero-order valence-corrected chi connectivity index (χ0v) is 9.35. The molecule has 0 aromatic carbocycles. The molecule has 2 nitrogen and oxygen atoms in total. The Hall–Kier alpha value is -0.600. The smallest absolute Gasteiger partial charge is 0.133 e. The van der Waals surface area contributed by atoms with Crippen molar-refractivity contribution in [2.24, 2.45) is 0 Å². The number of nitrogens with one attached hydrogen (secondary N) is 1. The molecule has 0 unspecified atom stereocenters. The van der Waals surface area contributed by atoms with E-state index in [2.05, 4.69) is 17.2 Å². The van der Waals surface area contributed by atoms with Crippen molar-refractivity contribution >= 4 is 11.6 Å². The molecule has 3 heteroatoms. The molecule has 0 saturated heterocycles. The topological polar surface area (TPSA) is 24.9 Å². The lowest BCUT2D eigenvalue weighted by molar-refractivity contribution is 0.616. The zero-order chi connectivity index (χ0) is 10.2. The molecule has 0 spiro atoms. The van der Waals surface area contributed by atoms with Crippen molar-refractivity contribution in [3.8, 4) is 0 Å². The second-order valence-electron chi connectivity index (χ2n) is 3.34. The van der Waals surface area contributed by atoms with Crippen molar-refractivity contribution in [1.29, 1.82) is 0 Å². The molecule has 0 bridgehead atoms. The minimum Gasteiger partial charge on any atom is -0.313 e. The molecule has 0 radical (unpaired) electrons. The number of halogens is 1. The van der Waals surface area contributed by atoms with Crippen LogP contribution in [0.3, 0.4) is 0 Å². The van der Waals surface area contributed by atoms with Gasteiger partial charge in [0.1, 0.15) is 5.15 Å². The van der Waals surface area contributed by atoms with E-state index in [-0.39, 0.29) is 0 Å². The van der Waals surface area contributed by atoms with Crippen LogP contribution in [-0.4, -0.2) is 11.5 Å². The first-order valence-electron chi connectivity index (χ1n) is 5.14. The Labute approximate surface area is 90.7 Å². The second kappa shape index (κ2) is 6.80. The molecule has 1 aromatic rings. The highest BCUT2D eigenvalue weighted by Gasteiger charge is 1.98. The molecule has 0 aliphatic heterocycles. The minimum atomic E-state index is 0.607. The number of hydrogen-bond donors (Lipinski definition) is 1. The summed E-state index contributed by atoms with van der Waals surface area (Å²) >= 11 is 5.91. The number of pyridine rings is 1. The average molecular weight is 213 g/mol. The van der Waals surface area contributed by atoms with Gasteiger partial charge in [-0.05, 0) is 19.0 Å². The maximum Gasteiger partial charge on any atom is 0.133 e. The summed E-state index contributed by atoms with van der Waals surface area (Å²) in [5.41, 5.74) is 1.07. The molecular weight excluding hydrogens is 196 g/mol. The lowest BCUT2D eigenvalue weighted by Gasteiger charge is -2.05. The van der Waals surface area contributed by atoms with Crippen molar-refractivity contribution in [2.45, 2.75) is 32.7 Å². The van der Waals surface area contributed by atoms with Crippen LogP contribution >= 0.6 is 11.6 Å². The van der Waals surface area contributed by atoms with Gasteiger partial charge in [0.05, 0.1) is 0 Å². The van der Waals surface area contributed by atoms with E-state index in [0.717, 1.165) is 18.7 Å². The van der Waals surface area contributed by atoms with Gasteiger partial charge in [0, 0.05) is 18.3 Å². The molecule has 14 heavy (non-hydrogen) atoms. The predicted octanol–water partition coefficient (Wildman–Crippen LogP) is 3.01. The zero-order valence-electron chi connectivity index (χ0n) is 8.59. The van der Waals surface area contributed by atoms with E-state index in [4.69, 9.17) is 11.6 Å². The van der Waals surface area contributed by atoms with E-state index in [0.29, 0.717) is 5.15 Å². The molecule has 1 heterocycles. The number of rotatable bonds is 6. The third kappa shape index (κ3) is 4.07. The van der Waals surface area contributed by atoms with E-state index in [1.807, 2.05) is 12.1 Å². The Morgan fingerprint density at radius 3 is 3.00 bits per heavy atom. The van der Waals surface area contributed by atoms with Crippen LogP contribution in [0.25, 0.3) is 0 Å². The predicted molar refractivity (Wildman–Crippen MR) is 60.5 cm³/mol. The maximum atomic E-state index is 5.91. The largest absolute Gasteiger partial charge is 0.313 e. The summed E-state index contributed by atoms with van der Waals surface area (Å²) in [4.78, 5) is 4.02. The van der Waals surface area contributed by atoms with Gasteiger partial charge in [-0.15, -0.1) is 0 Å². The van der Waals surface area contributed by atoms with E-state index in [9.17, 15) is 0 Å². The Morgan fingerprint density at radius 2 is 2.29 bits per heavy atom. The summed E-state index contributed by atoms with van der Waals surface area (Å²) in [7, 11) is 0. The lowest BCUT2D eigenvalue weighted by atomic mass is 10.2. The summed E-state index contributed by atoms with van der Waals surface area (Å²) in [6, 6.07) is 3.91. The molecule has 0 aliphatic carbocycles. The molecule has 0 aliphatic rings. The number of nitrogens with zero attached hydrogens (tertiary/aromatic N) is 1. The van der Waals surface area contributed by atoms with Gasteiger partial charge in [-0.2, -0.15) is 0 Å². The first-order chi connectivity index (χ1) is 6.84. The van der Waals surface area contributed by atoms with E-state index in [1.54, 1.807) is 6.20 Å². The van der Waals surface area contributed by atoms with Gasteiger partial charge >= 0.3 is 0 Å². The van der Waals surface area contributed by atoms with E-state index < -0.39 is 0 Å². The highest BCUT2D eigenvalue weighted by molar-refractivity contribution is 6.30. The van der Waals surface area contributed by atoms with E-state index >= 15 is 0 Å². The van der Waals surface area contributed by atoms with Gasteiger partial charge in [-0.25, -0.2) is 4.98 Å². The van der Waals surface area contributed by atoms with Crippen LogP contribution in [0.2, 0.25) is 5.15 Å². The van der Waals surface area contributed by atoms with Crippen LogP contribution in [-0.2, 0) is 6.54 Å². The second-order valence-corrected chi connectivity index (χ2v) is 3.70. The highest BCUT2D eigenvalue weighted by Crippen LogP contribution is 2.10. The molecule has 1 aromatic heterocycles. The van der Waals surface area contributed by atoms with E-state index in [1.165, 1.54) is 19.3 Å². The molecule has 0 amide bonds. The van der Waals surface area contributed by atoms with Gasteiger partial charge in [0.2, 0.25) is 0 Å². The summed E-state index contributed by atoms with van der Waals surface area (Å²) in [5, 5.41) is 3.96. The SMILES string of the molecule is CCCCCNCc1cccnc1Cl. The molecule has 1 N–H and O–H groups in total. The number of unbranched alkanes of at least 4 members (excludes halogenated alkanes) is 2. The van der Waals surface area contributed by atoms with Crippen LogP contribution in [0.15, 0.2) is 18.3 Å². The molecule has 0 fully saturated rings. The van der Waals surface area contributed by atoms with Crippen LogP contribution in [0, 0.1) is 0 Å². The quantitative estimate of drug-likeness (QED) is 0.579. The van der Waals surface area contributed by atoms with Crippen molar-refractivity contribution in [2.75, 3.05) is 6.54 Å². The normalized spacial score (nSPS) is 10.4. The summed E-state index contributed by atoms with van der Waals surface area (Å²) in [5.74, 6) is 0. The third-order valence-electron chi connectivity index (χ3n) is 2.11. The summed E-state index contributed by atoms with van der Waals surface area (Å²) in [6.45, 7) is 4.08. The third-order valence-corrected chi connectivity index (χ3v) is 2.45. The van der Waals surface area contributed by atoms with Crippen LogP contribution in [0.4, 0.5) is 0 Å². The Bertz CT molecular complexity index is 263. The van der Waals surface area contributed by atoms with Crippen molar-refractivity contribution in [3.63, 3.8) is 0 Å². The maximum absolute atomic E-state index is 5.91. The summed E-state index contributed by atoms with van der Waals surface area (Å²) in [6.07, 6.45) is 5.49. The van der Waals surface area contributed by atoms with Crippen LogP contribution in [0.5, 0.6) is 0 Å². The fourth-order valence-corrected chi connectivity index (χ4v) is 1.46. The molecular formula is C11H17ClN2. The standard InChI is InChI=1S/C11H17ClN2/c1-2-3-4-7-13-9-10-6-5-8-14-11(10)12/h5-6,8,13H,2-4,7,9H2,1H3. The van der Waals surface area contributed by atoms with Crippen molar-refractivity contribution < 1.29 is 0 Å². The van der Waals surface area contributed by atoms with Crippen molar-refractivity contribution in [1.82, 2.24) is 10.3 Å². The van der Waals surface area contributed by atoms with Gasteiger partial charge in [0.15, 0.2) is 0 Å². The van der Waals surface area contributed by atoms with Gasteiger partial charge in [-0.1, -0.05) is 37.4 Å². The minimum absolute atomic E-state index is 0.607. The fourth-order valence-electron chi connectivity index (χ4n) is 1.27. The Kier molecular flexibility index (Phi) is 5.57. The van der Waals surface area contributed by atoms with Gasteiger partial charge in [0.25, 0.3) is 0 Å².